The summed E-state index contributed by atoms with van der Waals surface area (Å²) in [5.41, 5.74) is 2.01. The second-order valence-electron chi connectivity index (χ2n) is 8.54. The van der Waals surface area contributed by atoms with Gasteiger partial charge in [-0.25, -0.2) is 0 Å². The summed E-state index contributed by atoms with van der Waals surface area (Å²) < 4.78 is 16.7. The van der Waals surface area contributed by atoms with Crippen LogP contribution < -0.4 is 0 Å². The predicted octanol–water partition coefficient (Wildman–Crippen LogP) is 3.54. The van der Waals surface area contributed by atoms with Crippen LogP contribution in [0.25, 0.3) is 11.3 Å². The van der Waals surface area contributed by atoms with Gasteiger partial charge in [0.05, 0.1) is 12.0 Å². The zero-order valence-electron chi connectivity index (χ0n) is 18.3. The van der Waals surface area contributed by atoms with E-state index in [9.17, 15) is 9.59 Å². The van der Waals surface area contributed by atoms with E-state index >= 15 is 0 Å². The summed E-state index contributed by atoms with van der Waals surface area (Å²) in [6, 6.07) is 9.87. The van der Waals surface area contributed by atoms with E-state index in [1.54, 1.807) is 11.8 Å². The highest BCUT2D eigenvalue weighted by Gasteiger charge is 2.46. The maximum Gasteiger partial charge on any atom is 0.314 e. The number of likely N-dealkylation sites (tertiary alicyclic amines) is 1. The molecule has 2 aliphatic rings. The van der Waals surface area contributed by atoms with Gasteiger partial charge in [0.15, 0.2) is 0 Å². The largest absolute Gasteiger partial charge is 0.466 e. The number of esters is 1. The molecule has 0 aliphatic carbocycles. The number of amides is 1. The molecule has 0 bridgehead atoms. The van der Waals surface area contributed by atoms with Gasteiger partial charge in [-0.05, 0) is 45.1 Å². The minimum absolute atomic E-state index is 0.0240. The van der Waals surface area contributed by atoms with E-state index in [4.69, 9.17) is 14.0 Å². The Labute approximate surface area is 182 Å². The molecule has 0 N–H and O–H groups in total. The van der Waals surface area contributed by atoms with Crippen LogP contribution in [0.15, 0.2) is 34.9 Å². The molecule has 0 radical (unpaired) electrons. The average Bonchev–Trinajstić information content (AvgIpc) is 3.46. The van der Waals surface area contributed by atoms with E-state index < -0.39 is 11.5 Å². The Bertz CT molecular complexity index is 934. The molecule has 1 aromatic heterocycles. The van der Waals surface area contributed by atoms with Gasteiger partial charge in [0, 0.05) is 37.7 Å². The van der Waals surface area contributed by atoms with Gasteiger partial charge < -0.3 is 18.9 Å². The summed E-state index contributed by atoms with van der Waals surface area (Å²) >= 11 is 0. The van der Waals surface area contributed by atoms with Crippen molar-refractivity contribution in [2.24, 2.45) is 5.41 Å². The van der Waals surface area contributed by atoms with Crippen molar-refractivity contribution in [2.75, 3.05) is 26.3 Å². The molecule has 0 saturated carbocycles. The van der Waals surface area contributed by atoms with Crippen molar-refractivity contribution in [1.29, 1.82) is 0 Å². The molecule has 166 valence electrons. The molecule has 7 heteroatoms. The SMILES string of the molecule is CCOC(=O)[C@]1(Cc2cc(-c3ccccc3C)no2)CCCN(C(=O)[C@H]2CCCO2)C1. The average molecular weight is 427 g/mol. The Morgan fingerprint density at radius 1 is 1.29 bits per heavy atom. The van der Waals surface area contributed by atoms with Crippen LogP contribution in [0.1, 0.15) is 43.9 Å². The van der Waals surface area contributed by atoms with Crippen LogP contribution in [0, 0.1) is 12.3 Å². The summed E-state index contributed by atoms with van der Waals surface area (Å²) in [4.78, 5) is 27.8. The number of hydrogen-bond donors (Lipinski definition) is 0. The second kappa shape index (κ2) is 9.22. The number of hydrogen-bond acceptors (Lipinski definition) is 6. The minimum atomic E-state index is -0.842. The molecular weight excluding hydrogens is 396 g/mol. The van der Waals surface area contributed by atoms with Crippen LogP contribution in [0.5, 0.6) is 0 Å². The first-order valence-corrected chi connectivity index (χ1v) is 11.1. The van der Waals surface area contributed by atoms with Gasteiger partial charge in [0.25, 0.3) is 5.91 Å². The Balaban J connectivity index is 1.57. The van der Waals surface area contributed by atoms with E-state index in [1.165, 1.54) is 0 Å². The van der Waals surface area contributed by atoms with E-state index in [-0.39, 0.29) is 11.9 Å². The third-order valence-corrected chi connectivity index (χ3v) is 6.29. The number of rotatable bonds is 6. The summed E-state index contributed by atoms with van der Waals surface area (Å²) in [5, 5.41) is 4.24. The Morgan fingerprint density at radius 2 is 2.13 bits per heavy atom. The normalized spacial score (nSPS) is 23.7. The zero-order valence-corrected chi connectivity index (χ0v) is 18.3. The lowest BCUT2D eigenvalue weighted by atomic mass is 9.76. The first-order chi connectivity index (χ1) is 15.0. The van der Waals surface area contributed by atoms with Gasteiger partial charge in [-0.15, -0.1) is 0 Å². The van der Waals surface area contributed by atoms with Crippen molar-refractivity contribution in [3.63, 3.8) is 0 Å². The molecule has 0 unspecified atom stereocenters. The Hall–Kier alpha value is -2.67. The molecule has 2 fully saturated rings. The number of carbonyl (C=O) groups excluding carboxylic acids is 2. The van der Waals surface area contributed by atoms with Crippen molar-refractivity contribution < 1.29 is 23.6 Å². The maximum atomic E-state index is 13.1. The van der Waals surface area contributed by atoms with Gasteiger partial charge >= 0.3 is 5.97 Å². The van der Waals surface area contributed by atoms with Gasteiger partial charge in [-0.1, -0.05) is 29.4 Å². The lowest BCUT2D eigenvalue weighted by Crippen LogP contribution is -2.53. The number of nitrogens with zero attached hydrogens (tertiary/aromatic N) is 2. The number of aryl methyl sites for hydroxylation is 1. The van der Waals surface area contributed by atoms with Gasteiger partial charge in [-0.2, -0.15) is 0 Å². The van der Waals surface area contributed by atoms with Crippen LogP contribution in [0.4, 0.5) is 0 Å². The topological polar surface area (TPSA) is 81.9 Å². The van der Waals surface area contributed by atoms with Crippen molar-refractivity contribution in [2.45, 2.75) is 52.1 Å². The minimum Gasteiger partial charge on any atom is -0.466 e. The van der Waals surface area contributed by atoms with Crippen LogP contribution >= 0.6 is 0 Å². The molecule has 7 nitrogen and oxygen atoms in total. The number of ether oxygens (including phenoxy) is 2. The predicted molar refractivity (Wildman–Crippen MR) is 114 cm³/mol. The second-order valence-corrected chi connectivity index (χ2v) is 8.54. The fourth-order valence-corrected chi connectivity index (χ4v) is 4.68. The van der Waals surface area contributed by atoms with Crippen LogP contribution in [0.3, 0.4) is 0 Å². The summed E-state index contributed by atoms with van der Waals surface area (Å²) in [6.45, 7) is 5.68. The molecule has 2 aromatic rings. The molecule has 3 heterocycles. The van der Waals surface area contributed by atoms with E-state index in [0.717, 1.165) is 36.1 Å². The highest BCUT2D eigenvalue weighted by Crippen LogP contribution is 2.37. The van der Waals surface area contributed by atoms with Gasteiger partial charge in [0.2, 0.25) is 0 Å². The number of aromatic nitrogens is 1. The summed E-state index contributed by atoms with van der Waals surface area (Å²) in [7, 11) is 0. The monoisotopic (exact) mass is 426 g/mol. The quantitative estimate of drug-likeness (QED) is 0.657. The number of benzene rings is 1. The van der Waals surface area contributed by atoms with E-state index in [0.29, 0.717) is 44.9 Å². The highest BCUT2D eigenvalue weighted by molar-refractivity contribution is 5.83. The molecule has 4 rings (SSSR count). The van der Waals surface area contributed by atoms with Gasteiger partial charge in [-0.3, -0.25) is 9.59 Å². The Kier molecular flexibility index (Phi) is 6.41. The molecule has 0 spiro atoms. The highest BCUT2D eigenvalue weighted by atomic mass is 16.5. The van der Waals surface area contributed by atoms with Crippen molar-refractivity contribution in [3.05, 3.63) is 41.7 Å². The van der Waals surface area contributed by atoms with Crippen molar-refractivity contribution in [3.8, 4) is 11.3 Å². The van der Waals surface area contributed by atoms with Gasteiger partial charge in [0.1, 0.15) is 17.6 Å². The number of piperidine rings is 1. The molecule has 1 amide bonds. The van der Waals surface area contributed by atoms with Crippen LogP contribution in [-0.4, -0.2) is 54.3 Å². The first-order valence-electron chi connectivity index (χ1n) is 11.1. The fraction of sp³-hybridized carbons (Fsp3) is 0.542. The van der Waals surface area contributed by atoms with Crippen LogP contribution in [0.2, 0.25) is 0 Å². The summed E-state index contributed by atoms with van der Waals surface area (Å²) in [6.07, 6.45) is 2.96. The first kappa shape index (κ1) is 21.6. The van der Waals surface area contributed by atoms with Crippen molar-refractivity contribution >= 4 is 11.9 Å². The lowest BCUT2D eigenvalue weighted by Gasteiger charge is -2.41. The molecule has 2 atom stereocenters. The smallest absolute Gasteiger partial charge is 0.314 e. The zero-order chi connectivity index (χ0) is 21.8. The number of carbonyl (C=O) groups is 2. The molecule has 2 aliphatic heterocycles. The fourth-order valence-electron chi connectivity index (χ4n) is 4.68. The van der Waals surface area contributed by atoms with E-state index in [2.05, 4.69) is 5.16 Å². The molecule has 2 saturated heterocycles. The molecular formula is C24H30N2O5. The van der Waals surface area contributed by atoms with Crippen LogP contribution in [-0.2, 0) is 25.5 Å². The third kappa shape index (κ3) is 4.51. The molecule has 1 aromatic carbocycles. The summed E-state index contributed by atoms with van der Waals surface area (Å²) in [5.74, 6) is 0.315. The lowest BCUT2D eigenvalue weighted by molar-refractivity contribution is -0.162. The standard InChI is InChI=1S/C24H30N2O5/c1-3-29-23(28)24(11-7-12-26(16-24)22(27)21-10-6-13-30-21)15-18-14-20(25-31-18)19-9-5-4-8-17(19)2/h4-5,8-9,14,21H,3,6-7,10-13,15-16H2,1-2H3/t21-,24+/m1/s1. The van der Waals surface area contributed by atoms with Crippen molar-refractivity contribution in [1.82, 2.24) is 10.1 Å². The maximum absolute atomic E-state index is 13.1. The molecule has 31 heavy (non-hydrogen) atoms. The third-order valence-electron chi connectivity index (χ3n) is 6.29. The van der Waals surface area contributed by atoms with E-state index in [1.807, 2.05) is 37.3 Å². The Morgan fingerprint density at radius 3 is 2.87 bits per heavy atom.